The van der Waals surface area contributed by atoms with Gasteiger partial charge in [-0.15, -0.1) is 0 Å². The van der Waals surface area contributed by atoms with Crippen molar-refractivity contribution < 1.29 is 19.1 Å². The summed E-state index contributed by atoms with van der Waals surface area (Å²) >= 11 is 0. The number of esters is 2. The minimum atomic E-state index is -0.182. The Morgan fingerprint density at radius 1 is 0.975 bits per heavy atom. The van der Waals surface area contributed by atoms with Crippen LogP contribution < -0.4 is 0 Å². The number of nitrogens with one attached hydrogen (secondary N) is 1. The average molecular weight is 549 g/mol. The molecule has 1 heterocycles. The maximum absolute atomic E-state index is 12.4. The lowest BCUT2D eigenvalue weighted by atomic mass is 9.43. The highest BCUT2D eigenvalue weighted by atomic mass is 16.5. The van der Waals surface area contributed by atoms with Crippen LogP contribution in [0.25, 0.3) is 11.0 Å². The van der Waals surface area contributed by atoms with Crippen molar-refractivity contribution in [3.63, 3.8) is 0 Å². The molecule has 6 heteroatoms. The number of hydrogen-bond acceptors (Lipinski definition) is 5. The molecule has 0 aliphatic heterocycles. The molecule has 218 valence electrons. The van der Waals surface area contributed by atoms with Gasteiger partial charge in [0, 0.05) is 26.2 Å². The normalized spacial score (nSPS) is 39.6. The fourth-order valence-electron chi connectivity index (χ4n) is 10.5. The third-order valence-electron chi connectivity index (χ3n) is 12.3. The van der Waals surface area contributed by atoms with Gasteiger partial charge in [-0.05, 0) is 110 Å². The second-order valence-corrected chi connectivity index (χ2v) is 14.3. The summed E-state index contributed by atoms with van der Waals surface area (Å²) in [5.74, 6) is 4.10. The number of aryl methyl sites for hydroxylation is 1. The molecule has 1 aromatic carbocycles. The largest absolute Gasteiger partial charge is 0.463 e. The quantitative estimate of drug-likeness (QED) is 0.384. The van der Waals surface area contributed by atoms with E-state index in [-0.39, 0.29) is 35.0 Å². The van der Waals surface area contributed by atoms with Gasteiger partial charge >= 0.3 is 11.9 Å². The van der Waals surface area contributed by atoms with Gasteiger partial charge in [0.15, 0.2) is 0 Å². The molecule has 10 atom stereocenters. The van der Waals surface area contributed by atoms with E-state index in [9.17, 15) is 9.59 Å². The van der Waals surface area contributed by atoms with Gasteiger partial charge in [0.25, 0.3) is 0 Å². The van der Waals surface area contributed by atoms with Crippen LogP contribution >= 0.6 is 0 Å². The number of aromatic amines is 1. The highest BCUT2D eigenvalue weighted by Gasteiger charge is 2.64. The van der Waals surface area contributed by atoms with E-state index in [0.717, 1.165) is 55.4 Å². The predicted molar refractivity (Wildman–Crippen MR) is 155 cm³/mol. The minimum absolute atomic E-state index is 0.00224. The van der Waals surface area contributed by atoms with Gasteiger partial charge in [0.1, 0.15) is 18.0 Å². The number of rotatable bonds is 6. The Balaban J connectivity index is 1.20. The smallest absolute Gasteiger partial charge is 0.302 e. The van der Waals surface area contributed by atoms with Crippen LogP contribution in [-0.4, -0.2) is 34.1 Å². The number of fused-ring (bicyclic) bond motifs is 6. The van der Waals surface area contributed by atoms with Crippen LogP contribution in [0.4, 0.5) is 0 Å². The summed E-state index contributed by atoms with van der Waals surface area (Å²) in [6.45, 7) is 10.6. The van der Waals surface area contributed by atoms with E-state index in [1.165, 1.54) is 32.6 Å². The van der Waals surface area contributed by atoms with Gasteiger partial charge in [-0.1, -0.05) is 32.9 Å². The van der Waals surface area contributed by atoms with Crippen LogP contribution in [0.5, 0.6) is 0 Å². The molecule has 0 bridgehead atoms. The number of imidazole rings is 1. The molecule has 0 saturated heterocycles. The van der Waals surface area contributed by atoms with Gasteiger partial charge in [0.05, 0.1) is 11.0 Å². The van der Waals surface area contributed by atoms with Crippen molar-refractivity contribution >= 4 is 23.0 Å². The molecular weight excluding hydrogens is 500 g/mol. The lowest BCUT2D eigenvalue weighted by Gasteiger charge is -2.62. The van der Waals surface area contributed by atoms with Crippen LogP contribution in [-0.2, 0) is 25.5 Å². The number of benzene rings is 1. The molecule has 40 heavy (non-hydrogen) atoms. The standard InChI is InChI=1S/C34H48N2O4/c1-20(10-13-31-35-28-8-6-7-9-29(28)36-31)25-11-12-26-32-27(15-17-34(25,26)5)33(4)16-14-24(39-21(2)37)18-23(33)19-30(32)40-22(3)38/h6-9,20,23-27,30,32H,10-19H2,1-5H3,(H,35,36). The first-order valence-electron chi connectivity index (χ1n) is 15.9. The molecule has 4 aliphatic carbocycles. The third-order valence-corrected chi connectivity index (χ3v) is 12.3. The van der Waals surface area contributed by atoms with Crippen LogP contribution in [0.2, 0.25) is 0 Å². The first-order chi connectivity index (χ1) is 19.1. The van der Waals surface area contributed by atoms with Crippen molar-refractivity contribution in [3.8, 4) is 0 Å². The summed E-state index contributed by atoms with van der Waals surface area (Å²) in [4.78, 5) is 32.4. The summed E-state index contributed by atoms with van der Waals surface area (Å²) < 4.78 is 11.9. The summed E-state index contributed by atoms with van der Waals surface area (Å²) in [7, 11) is 0. The predicted octanol–water partition coefficient (Wildman–Crippen LogP) is 7.26. The van der Waals surface area contributed by atoms with Crippen molar-refractivity contribution in [2.75, 3.05) is 0 Å². The molecule has 4 saturated carbocycles. The fourth-order valence-corrected chi connectivity index (χ4v) is 10.5. The second-order valence-electron chi connectivity index (χ2n) is 14.3. The number of nitrogens with zero attached hydrogens (tertiary/aromatic N) is 1. The van der Waals surface area contributed by atoms with Crippen molar-refractivity contribution in [3.05, 3.63) is 30.1 Å². The Bertz CT molecular complexity index is 1220. The summed E-state index contributed by atoms with van der Waals surface area (Å²) in [6.07, 6.45) is 11.0. The van der Waals surface area contributed by atoms with Crippen LogP contribution in [0, 0.1) is 46.3 Å². The van der Waals surface area contributed by atoms with Crippen LogP contribution in [0.15, 0.2) is 24.3 Å². The number of para-hydroxylation sites is 2. The molecule has 2 aromatic rings. The van der Waals surface area contributed by atoms with E-state index in [2.05, 4.69) is 44.0 Å². The molecule has 0 radical (unpaired) electrons. The highest BCUT2D eigenvalue weighted by molar-refractivity contribution is 5.74. The Hall–Kier alpha value is -2.37. The average Bonchev–Trinajstić information content (AvgIpc) is 3.48. The molecule has 4 fully saturated rings. The molecule has 6 nitrogen and oxygen atoms in total. The topological polar surface area (TPSA) is 81.3 Å². The molecule has 1 N–H and O–H groups in total. The van der Waals surface area contributed by atoms with Crippen molar-refractivity contribution in [2.45, 2.75) is 111 Å². The second kappa shape index (κ2) is 10.5. The lowest BCUT2D eigenvalue weighted by Crippen LogP contribution is -2.59. The number of ether oxygens (including phenoxy) is 2. The maximum Gasteiger partial charge on any atom is 0.302 e. The molecular formula is C34H48N2O4. The Morgan fingerprint density at radius 2 is 1.70 bits per heavy atom. The first kappa shape index (κ1) is 27.8. The zero-order valence-corrected chi connectivity index (χ0v) is 25.1. The number of hydrogen-bond donors (Lipinski definition) is 1. The van der Waals surface area contributed by atoms with Gasteiger partial charge < -0.3 is 14.5 Å². The van der Waals surface area contributed by atoms with Gasteiger partial charge in [0.2, 0.25) is 0 Å². The van der Waals surface area contributed by atoms with Crippen molar-refractivity contribution in [2.24, 2.45) is 46.3 Å². The monoisotopic (exact) mass is 548 g/mol. The van der Waals surface area contributed by atoms with Crippen molar-refractivity contribution in [1.82, 2.24) is 9.97 Å². The summed E-state index contributed by atoms with van der Waals surface area (Å²) in [5, 5.41) is 0. The highest BCUT2D eigenvalue weighted by Crippen LogP contribution is 2.68. The number of H-pyrrole nitrogens is 1. The van der Waals surface area contributed by atoms with Gasteiger partial charge in [-0.3, -0.25) is 9.59 Å². The van der Waals surface area contributed by atoms with Crippen LogP contribution in [0.3, 0.4) is 0 Å². The molecule has 1 aromatic heterocycles. The Morgan fingerprint density at radius 3 is 2.45 bits per heavy atom. The molecule has 4 aliphatic rings. The minimum Gasteiger partial charge on any atom is -0.463 e. The maximum atomic E-state index is 12.4. The summed E-state index contributed by atoms with van der Waals surface area (Å²) in [5.41, 5.74) is 2.69. The Labute approximate surface area is 239 Å². The van der Waals surface area contributed by atoms with E-state index in [0.29, 0.717) is 35.5 Å². The zero-order valence-electron chi connectivity index (χ0n) is 25.1. The first-order valence-corrected chi connectivity index (χ1v) is 15.9. The van der Waals surface area contributed by atoms with Crippen LogP contribution in [0.1, 0.15) is 98.2 Å². The number of aromatic nitrogens is 2. The molecule has 6 rings (SSSR count). The van der Waals surface area contributed by atoms with E-state index in [1.807, 2.05) is 6.07 Å². The van der Waals surface area contributed by atoms with E-state index in [1.54, 1.807) is 6.92 Å². The van der Waals surface area contributed by atoms with E-state index in [4.69, 9.17) is 14.5 Å². The van der Waals surface area contributed by atoms with E-state index >= 15 is 0 Å². The molecule has 10 unspecified atom stereocenters. The van der Waals surface area contributed by atoms with Gasteiger partial charge in [-0.2, -0.15) is 0 Å². The summed E-state index contributed by atoms with van der Waals surface area (Å²) in [6, 6.07) is 8.30. The van der Waals surface area contributed by atoms with Gasteiger partial charge in [-0.25, -0.2) is 4.98 Å². The number of carbonyl (C=O) groups excluding carboxylic acids is 2. The lowest BCUT2D eigenvalue weighted by molar-refractivity contribution is -0.197. The molecule has 0 spiro atoms. The Kier molecular flexibility index (Phi) is 7.28. The number of carbonyl (C=O) groups is 2. The fraction of sp³-hybridized carbons (Fsp3) is 0.735. The molecule has 0 amide bonds. The van der Waals surface area contributed by atoms with E-state index < -0.39 is 0 Å². The van der Waals surface area contributed by atoms with Crippen molar-refractivity contribution in [1.29, 1.82) is 0 Å². The SMILES string of the molecule is CC(=O)OC1CCC2(C)C(C1)CC(OC(C)=O)C1C2CCC2(C)C(C(C)CCc3nc4ccccc4[nH]3)CCC12. The third kappa shape index (κ3) is 4.77. The zero-order chi connectivity index (χ0) is 28.2.